The quantitative estimate of drug-likeness (QED) is 0.647. The molecular weight excluding hydrogens is 282 g/mol. The summed E-state index contributed by atoms with van der Waals surface area (Å²) in [5, 5.41) is 0. The van der Waals surface area contributed by atoms with Crippen molar-refractivity contribution < 1.29 is 17.8 Å². The molecule has 0 radical (unpaired) electrons. The molecule has 0 aliphatic carbocycles. The number of ketones is 1. The number of piperidine rings is 1. The van der Waals surface area contributed by atoms with Crippen LogP contribution in [-0.4, -0.2) is 47.6 Å². The summed E-state index contributed by atoms with van der Waals surface area (Å²) in [5.41, 5.74) is 0.468. The molecule has 1 saturated heterocycles. The third-order valence-corrected chi connectivity index (χ3v) is 4.28. The Labute approximate surface area is 117 Å². The number of aromatic nitrogens is 2. The largest absolute Gasteiger partial charge is 0.341 e. The van der Waals surface area contributed by atoms with Crippen molar-refractivity contribution in [3.05, 3.63) is 18.0 Å². The molecular formula is C12H17N3O4S. The minimum atomic E-state index is -3.91. The molecule has 0 saturated carbocycles. The summed E-state index contributed by atoms with van der Waals surface area (Å²) < 4.78 is 30.5. The van der Waals surface area contributed by atoms with Crippen LogP contribution in [0.2, 0.25) is 0 Å². The summed E-state index contributed by atoms with van der Waals surface area (Å²) in [5.74, 6) is 0.242. The molecule has 0 bridgehead atoms. The van der Waals surface area contributed by atoms with Gasteiger partial charge >= 0.3 is 0 Å². The lowest BCUT2D eigenvalue weighted by Crippen LogP contribution is -2.36. The zero-order chi connectivity index (χ0) is 14.8. The second-order valence-electron chi connectivity index (χ2n) is 5.01. The fraction of sp³-hybridized carbons (Fsp3) is 0.583. The highest BCUT2D eigenvalue weighted by Gasteiger charge is 2.24. The van der Waals surface area contributed by atoms with Gasteiger partial charge in [0.1, 0.15) is 0 Å². The highest BCUT2D eigenvalue weighted by molar-refractivity contribution is 7.85. The molecule has 2 heterocycles. The van der Waals surface area contributed by atoms with Gasteiger partial charge in [-0.05, 0) is 25.7 Å². The second kappa shape index (κ2) is 5.84. The van der Waals surface area contributed by atoms with Crippen LogP contribution in [0.4, 0.5) is 5.95 Å². The van der Waals surface area contributed by atoms with E-state index in [1.54, 1.807) is 0 Å². The molecule has 1 fully saturated rings. The predicted octanol–water partition coefficient (Wildman–Crippen LogP) is 0.783. The molecule has 0 atom stereocenters. The molecule has 1 N–H and O–H groups in total. The summed E-state index contributed by atoms with van der Waals surface area (Å²) in [4.78, 5) is 21.4. The standard InChI is InChI=1S/C12H17N3O4S/c1-9(16)11-6-13-12(14-7-11)15-4-2-10(3-5-15)8-20(17,18)19/h6-7,10H,2-5,8H2,1H3,(H,17,18,19). The van der Waals surface area contributed by atoms with Gasteiger partial charge in [0.05, 0.1) is 11.3 Å². The number of hydrogen-bond acceptors (Lipinski definition) is 6. The van der Waals surface area contributed by atoms with Crippen LogP contribution in [0.1, 0.15) is 30.1 Å². The van der Waals surface area contributed by atoms with Crippen LogP contribution in [0, 0.1) is 5.92 Å². The average Bonchev–Trinajstić information content (AvgIpc) is 2.38. The van der Waals surface area contributed by atoms with Crippen molar-refractivity contribution in [1.29, 1.82) is 0 Å². The van der Waals surface area contributed by atoms with Crippen molar-refractivity contribution in [3.8, 4) is 0 Å². The van der Waals surface area contributed by atoms with Gasteiger partial charge in [0.25, 0.3) is 10.1 Å². The van der Waals surface area contributed by atoms with Gasteiger partial charge in [-0.1, -0.05) is 0 Å². The smallest absolute Gasteiger partial charge is 0.265 e. The normalized spacial score (nSPS) is 17.2. The highest BCUT2D eigenvalue weighted by atomic mass is 32.2. The molecule has 20 heavy (non-hydrogen) atoms. The number of hydrogen-bond donors (Lipinski definition) is 1. The van der Waals surface area contributed by atoms with E-state index in [1.165, 1.54) is 19.3 Å². The molecule has 0 spiro atoms. The van der Waals surface area contributed by atoms with Crippen LogP contribution in [0.5, 0.6) is 0 Å². The number of rotatable bonds is 4. The van der Waals surface area contributed by atoms with E-state index in [-0.39, 0.29) is 17.5 Å². The number of nitrogens with zero attached hydrogens (tertiary/aromatic N) is 3. The number of carbonyl (C=O) groups is 1. The third-order valence-electron chi connectivity index (χ3n) is 3.39. The van der Waals surface area contributed by atoms with E-state index in [9.17, 15) is 13.2 Å². The van der Waals surface area contributed by atoms with Crippen LogP contribution in [0.15, 0.2) is 12.4 Å². The first-order valence-corrected chi connectivity index (χ1v) is 7.99. The van der Waals surface area contributed by atoms with Crippen LogP contribution < -0.4 is 4.90 Å². The van der Waals surface area contributed by atoms with E-state index in [4.69, 9.17) is 4.55 Å². The Morgan fingerprint density at radius 2 is 1.90 bits per heavy atom. The lowest BCUT2D eigenvalue weighted by atomic mass is 9.99. The van der Waals surface area contributed by atoms with Gasteiger partial charge < -0.3 is 4.90 Å². The van der Waals surface area contributed by atoms with Gasteiger partial charge in [-0.3, -0.25) is 9.35 Å². The lowest BCUT2D eigenvalue weighted by Gasteiger charge is -2.31. The molecule has 1 aliphatic heterocycles. The molecule has 0 aromatic carbocycles. The molecule has 8 heteroatoms. The van der Waals surface area contributed by atoms with E-state index in [2.05, 4.69) is 9.97 Å². The first-order valence-electron chi connectivity index (χ1n) is 6.38. The Balaban J connectivity index is 1.95. The Bertz CT molecular complexity index is 577. The topological polar surface area (TPSA) is 100 Å². The molecule has 7 nitrogen and oxygen atoms in total. The third kappa shape index (κ3) is 3.97. The molecule has 1 aromatic heterocycles. The van der Waals surface area contributed by atoms with Crippen LogP contribution >= 0.6 is 0 Å². The van der Waals surface area contributed by atoms with E-state index in [0.29, 0.717) is 37.4 Å². The Hall–Kier alpha value is -1.54. The summed E-state index contributed by atoms with van der Waals surface area (Å²) in [6.45, 7) is 2.73. The van der Waals surface area contributed by atoms with Crippen molar-refractivity contribution in [2.75, 3.05) is 23.7 Å². The zero-order valence-corrected chi connectivity index (χ0v) is 12.0. The molecule has 0 unspecified atom stereocenters. The number of Topliss-reactive ketones (excluding diaryl/α,β-unsaturated/α-hetero) is 1. The maximum Gasteiger partial charge on any atom is 0.265 e. The highest BCUT2D eigenvalue weighted by Crippen LogP contribution is 2.21. The zero-order valence-electron chi connectivity index (χ0n) is 11.2. The van der Waals surface area contributed by atoms with E-state index in [0.717, 1.165) is 0 Å². The van der Waals surface area contributed by atoms with Crippen molar-refractivity contribution in [3.63, 3.8) is 0 Å². The molecule has 2 rings (SSSR count). The van der Waals surface area contributed by atoms with Gasteiger partial charge in [-0.25, -0.2) is 9.97 Å². The van der Waals surface area contributed by atoms with Gasteiger partial charge in [-0.15, -0.1) is 0 Å². The molecule has 1 aliphatic rings. The first-order chi connectivity index (χ1) is 9.35. The maximum atomic E-state index is 11.1. The van der Waals surface area contributed by atoms with Gasteiger partial charge in [-0.2, -0.15) is 8.42 Å². The molecule has 0 amide bonds. The van der Waals surface area contributed by atoms with E-state index < -0.39 is 10.1 Å². The fourth-order valence-corrected chi connectivity index (χ4v) is 3.19. The van der Waals surface area contributed by atoms with Crippen molar-refractivity contribution >= 4 is 21.8 Å². The van der Waals surface area contributed by atoms with Crippen molar-refractivity contribution in [1.82, 2.24) is 9.97 Å². The van der Waals surface area contributed by atoms with Gasteiger partial charge in [0, 0.05) is 25.5 Å². The summed E-state index contributed by atoms with van der Waals surface area (Å²) >= 11 is 0. The van der Waals surface area contributed by atoms with Crippen LogP contribution in [0.25, 0.3) is 0 Å². The minimum Gasteiger partial charge on any atom is -0.341 e. The molecule has 110 valence electrons. The summed E-state index contributed by atoms with van der Waals surface area (Å²) in [6, 6.07) is 0. The average molecular weight is 299 g/mol. The first kappa shape index (κ1) is 14.9. The van der Waals surface area contributed by atoms with Crippen molar-refractivity contribution in [2.24, 2.45) is 5.92 Å². The maximum absolute atomic E-state index is 11.1. The van der Waals surface area contributed by atoms with Gasteiger partial charge in [0.15, 0.2) is 5.78 Å². The van der Waals surface area contributed by atoms with Gasteiger partial charge in [0.2, 0.25) is 5.95 Å². The minimum absolute atomic E-state index is 0.0299. The Kier molecular flexibility index (Phi) is 4.34. The van der Waals surface area contributed by atoms with E-state index in [1.807, 2.05) is 4.90 Å². The fourth-order valence-electron chi connectivity index (χ4n) is 2.26. The lowest BCUT2D eigenvalue weighted by molar-refractivity contribution is 0.101. The van der Waals surface area contributed by atoms with Crippen LogP contribution in [-0.2, 0) is 10.1 Å². The summed E-state index contributed by atoms with van der Waals surface area (Å²) in [6.07, 6.45) is 4.32. The Morgan fingerprint density at radius 1 is 1.35 bits per heavy atom. The second-order valence-corrected chi connectivity index (χ2v) is 6.50. The van der Waals surface area contributed by atoms with Crippen molar-refractivity contribution in [2.45, 2.75) is 19.8 Å². The van der Waals surface area contributed by atoms with Crippen LogP contribution in [0.3, 0.4) is 0 Å². The van der Waals surface area contributed by atoms with E-state index >= 15 is 0 Å². The predicted molar refractivity (Wildman–Crippen MR) is 73.4 cm³/mol. The molecule has 1 aromatic rings. The monoisotopic (exact) mass is 299 g/mol. The SMILES string of the molecule is CC(=O)c1cnc(N2CCC(CS(=O)(=O)O)CC2)nc1. The number of carbonyl (C=O) groups excluding carboxylic acids is 1. The Morgan fingerprint density at radius 3 is 2.35 bits per heavy atom. The summed E-state index contributed by atoms with van der Waals surface area (Å²) in [7, 11) is -3.91. The number of anilines is 1.